The molecule has 0 aliphatic rings. The summed E-state index contributed by atoms with van der Waals surface area (Å²) in [6, 6.07) is 7.32. The van der Waals surface area contributed by atoms with Gasteiger partial charge in [-0.15, -0.1) is 0 Å². The van der Waals surface area contributed by atoms with Crippen molar-refractivity contribution in [2.45, 2.75) is 19.5 Å². The van der Waals surface area contributed by atoms with E-state index in [1.54, 1.807) is 6.07 Å². The molecule has 0 bridgehead atoms. The summed E-state index contributed by atoms with van der Waals surface area (Å²) in [6.45, 7) is 3.04. The van der Waals surface area contributed by atoms with Gasteiger partial charge in [0.2, 0.25) is 0 Å². The highest BCUT2D eigenvalue weighted by Gasteiger charge is 2.21. The Bertz CT molecular complexity index is 466. The number of H-pyrrole nitrogens is 1. The van der Waals surface area contributed by atoms with Crippen molar-refractivity contribution in [3.05, 3.63) is 30.0 Å². The molecule has 1 heterocycles. The summed E-state index contributed by atoms with van der Waals surface area (Å²) in [6.07, 6.45) is 0. The zero-order valence-electron chi connectivity index (χ0n) is 8.26. The molecule has 1 aromatic heterocycles. The second-order valence-corrected chi connectivity index (χ2v) is 3.96. The van der Waals surface area contributed by atoms with Gasteiger partial charge < -0.3 is 10.7 Å². The number of alkyl halides is 1. The number of anilines is 1. The molecule has 0 atom stereocenters. The molecule has 3 N–H and O–H groups in total. The van der Waals surface area contributed by atoms with Crippen LogP contribution in [0.5, 0.6) is 0 Å². The van der Waals surface area contributed by atoms with Crippen LogP contribution in [-0.2, 0) is 5.67 Å². The molecule has 0 aliphatic carbocycles. The van der Waals surface area contributed by atoms with Gasteiger partial charge in [-0.3, -0.25) is 0 Å². The van der Waals surface area contributed by atoms with Crippen LogP contribution >= 0.6 is 0 Å². The number of aromatic amines is 1. The first-order valence-corrected chi connectivity index (χ1v) is 4.55. The maximum atomic E-state index is 13.6. The summed E-state index contributed by atoms with van der Waals surface area (Å²) >= 11 is 0. The van der Waals surface area contributed by atoms with Crippen LogP contribution in [-0.4, -0.2) is 4.98 Å². The summed E-state index contributed by atoms with van der Waals surface area (Å²) in [5.74, 6) is 0. The van der Waals surface area contributed by atoms with Gasteiger partial charge in [0, 0.05) is 16.6 Å². The van der Waals surface area contributed by atoms with Crippen LogP contribution in [0.2, 0.25) is 0 Å². The van der Waals surface area contributed by atoms with Crippen molar-refractivity contribution in [2.24, 2.45) is 0 Å². The Morgan fingerprint density at radius 3 is 2.64 bits per heavy atom. The molecule has 0 radical (unpaired) electrons. The van der Waals surface area contributed by atoms with Crippen LogP contribution in [0.15, 0.2) is 24.3 Å². The zero-order valence-corrected chi connectivity index (χ0v) is 8.26. The van der Waals surface area contributed by atoms with E-state index < -0.39 is 5.67 Å². The lowest BCUT2D eigenvalue weighted by molar-refractivity contribution is 0.215. The maximum Gasteiger partial charge on any atom is 0.145 e. The third-order valence-corrected chi connectivity index (χ3v) is 2.34. The number of halogens is 1. The lowest BCUT2D eigenvalue weighted by Crippen LogP contribution is -2.08. The normalized spacial score (nSPS) is 12.2. The molecule has 74 valence electrons. The van der Waals surface area contributed by atoms with Gasteiger partial charge in [0.25, 0.3) is 0 Å². The molecule has 2 nitrogen and oxygen atoms in total. The second kappa shape index (κ2) is 2.74. The van der Waals surface area contributed by atoms with E-state index in [2.05, 4.69) is 4.98 Å². The van der Waals surface area contributed by atoms with Crippen LogP contribution in [0.3, 0.4) is 0 Å². The van der Waals surface area contributed by atoms with Gasteiger partial charge in [-0.05, 0) is 32.0 Å². The highest BCUT2D eigenvalue weighted by Crippen LogP contribution is 2.29. The third kappa shape index (κ3) is 1.35. The molecule has 0 saturated heterocycles. The number of aromatic nitrogens is 1. The average molecular weight is 192 g/mol. The van der Waals surface area contributed by atoms with E-state index in [4.69, 9.17) is 5.73 Å². The lowest BCUT2D eigenvalue weighted by atomic mass is 10.1. The first-order valence-electron chi connectivity index (χ1n) is 4.55. The van der Waals surface area contributed by atoms with Crippen LogP contribution in [0, 0.1) is 0 Å². The summed E-state index contributed by atoms with van der Waals surface area (Å²) < 4.78 is 13.6. The average Bonchev–Trinajstić information content (AvgIpc) is 2.48. The van der Waals surface area contributed by atoms with Gasteiger partial charge in [-0.25, -0.2) is 4.39 Å². The smallest absolute Gasteiger partial charge is 0.145 e. The maximum absolute atomic E-state index is 13.6. The topological polar surface area (TPSA) is 41.8 Å². The SMILES string of the molecule is CC(C)(F)c1cc2c(N)cccc2[nH]1. The van der Waals surface area contributed by atoms with Gasteiger partial charge in [-0.2, -0.15) is 0 Å². The fourth-order valence-electron chi connectivity index (χ4n) is 1.50. The molecule has 0 unspecified atom stereocenters. The van der Waals surface area contributed by atoms with E-state index in [-0.39, 0.29) is 0 Å². The molecule has 0 saturated carbocycles. The minimum absolute atomic E-state index is 0.561. The second-order valence-electron chi connectivity index (χ2n) is 3.96. The zero-order chi connectivity index (χ0) is 10.3. The Kier molecular flexibility index (Phi) is 1.77. The highest BCUT2D eigenvalue weighted by molar-refractivity contribution is 5.91. The molecule has 14 heavy (non-hydrogen) atoms. The molecular formula is C11H13FN2. The van der Waals surface area contributed by atoms with Crippen molar-refractivity contribution in [1.82, 2.24) is 4.98 Å². The lowest BCUT2D eigenvalue weighted by Gasteiger charge is -2.10. The largest absolute Gasteiger partial charge is 0.398 e. The first kappa shape index (κ1) is 9.06. The fraction of sp³-hybridized carbons (Fsp3) is 0.273. The van der Waals surface area contributed by atoms with Crippen molar-refractivity contribution in [3.8, 4) is 0 Å². The van der Waals surface area contributed by atoms with Crippen molar-refractivity contribution >= 4 is 16.6 Å². The molecule has 0 aliphatic heterocycles. The number of hydrogen-bond donors (Lipinski definition) is 2. The van der Waals surface area contributed by atoms with E-state index in [0.29, 0.717) is 11.4 Å². The predicted octanol–water partition coefficient (Wildman–Crippen LogP) is 2.95. The predicted molar refractivity (Wildman–Crippen MR) is 56.8 cm³/mol. The molecule has 3 heteroatoms. The van der Waals surface area contributed by atoms with E-state index in [9.17, 15) is 4.39 Å². The molecular weight excluding hydrogens is 179 g/mol. The molecule has 0 fully saturated rings. The van der Waals surface area contributed by atoms with E-state index >= 15 is 0 Å². The number of fused-ring (bicyclic) bond motifs is 1. The Morgan fingerprint density at radius 1 is 1.36 bits per heavy atom. The summed E-state index contributed by atoms with van der Waals surface area (Å²) in [4.78, 5) is 3.02. The van der Waals surface area contributed by atoms with Gasteiger partial charge in [0.1, 0.15) is 5.67 Å². The molecule has 2 aromatic rings. The van der Waals surface area contributed by atoms with Gasteiger partial charge in [-0.1, -0.05) is 6.07 Å². The summed E-state index contributed by atoms with van der Waals surface area (Å²) in [5.41, 5.74) is 6.53. The van der Waals surface area contributed by atoms with E-state index in [0.717, 1.165) is 10.9 Å². The standard InChI is InChI=1S/C11H13FN2/c1-11(2,12)10-6-7-8(13)4-3-5-9(7)14-10/h3-6,14H,13H2,1-2H3. The minimum atomic E-state index is -1.36. The van der Waals surface area contributed by atoms with Crippen LogP contribution in [0.4, 0.5) is 10.1 Å². The third-order valence-electron chi connectivity index (χ3n) is 2.34. The number of nitrogens with one attached hydrogen (secondary N) is 1. The highest BCUT2D eigenvalue weighted by atomic mass is 19.1. The Morgan fingerprint density at radius 2 is 2.07 bits per heavy atom. The molecule has 2 rings (SSSR count). The Hall–Kier alpha value is -1.51. The Balaban J connectivity index is 2.69. The number of nitrogen functional groups attached to an aromatic ring is 1. The minimum Gasteiger partial charge on any atom is -0.398 e. The number of benzene rings is 1. The van der Waals surface area contributed by atoms with Gasteiger partial charge >= 0.3 is 0 Å². The van der Waals surface area contributed by atoms with E-state index in [1.807, 2.05) is 18.2 Å². The monoisotopic (exact) mass is 192 g/mol. The molecule has 1 aromatic carbocycles. The number of rotatable bonds is 1. The van der Waals surface area contributed by atoms with Crippen LogP contribution in [0.1, 0.15) is 19.5 Å². The van der Waals surface area contributed by atoms with Gasteiger partial charge in [0.05, 0.1) is 5.69 Å². The Labute approximate surface area is 81.9 Å². The quantitative estimate of drug-likeness (QED) is 0.670. The molecule has 0 spiro atoms. The summed E-state index contributed by atoms with van der Waals surface area (Å²) in [7, 11) is 0. The first-order chi connectivity index (χ1) is 6.48. The van der Waals surface area contributed by atoms with Gasteiger partial charge in [0.15, 0.2) is 0 Å². The van der Waals surface area contributed by atoms with Crippen molar-refractivity contribution in [1.29, 1.82) is 0 Å². The van der Waals surface area contributed by atoms with Crippen molar-refractivity contribution < 1.29 is 4.39 Å². The van der Waals surface area contributed by atoms with Crippen molar-refractivity contribution in [2.75, 3.05) is 5.73 Å². The van der Waals surface area contributed by atoms with Crippen LogP contribution < -0.4 is 5.73 Å². The van der Waals surface area contributed by atoms with Crippen molar-refractivity contribution in [3.63, 3.8) is 0 Å². The number of nitrogens with two attached hydrogens (primary N) is 1. The van der Waals surface area contributed by atoms with E-state index in [1.165, 1.54) is 13.8 Å². The molecule has 0 amide bonds. The fourth-order valence-corrected chi connectivity index (χ4v) is 1.50. The summed E-state index contributed by atoms with van der Waals surface area (Å²) in [5, 5.41) is 0.883. The van der Waals surface area contributed by atoms with Crippen LogP contribution in [0.25, 0.3) is 10.9 Å². The number of hydrogen-bond acceptors (Lipinski definition) is 1.